The Balaban J connectivity index is 1.58. The highest BCUT2D eigenvalue weighted by Crippen LogP contribution is 2.46. The highest BCUT2D eigenvalue weighted by atomic mass is 16.6. The molecule has 0 radical (unpaired) electrons. The predicted molar refractivity (Wildman–Crippen MR) is 96.7 cm³/mol. The van der Waals surface area contributed by atoms with Crippen LogP contribution < -0.4 is 0 Å². The molecule has 2 heterocycles. The van der Waals surface area contributed by atoms with Gasteiger partial charge in [0.15, 0.2) is 0 Å². The Kier molecular flexibility index (Phi) is 4.27. The molecule has 1 aromatic carbocycles. The fraction of sp³-hybridized carbons (Fsp3) is 0.667. The third-order valence-corrected chi connectivity index (χ3v) is 5.46. The van der Waals surface area contributed by atoms with Gasteiger partial charge in [0.2, 0.25) is 0 Å². The number of nitrogens with zero attached hydrogens (tertiary/aromatic N) is 1. The number of carbonyl (C=O) groups excluding carboxylic acids is 1. The predicted octanol–water partition coefficient (Wildman–Crippen LogP) is 4.71. The molecule has 2 aliphatic heterocycles. The van der Waals surface area contributed by atoms with Crippen molar-refractivity contribution in [2.45, 2.75) is 77.0 Å². The van der Waals surface area contributed by atoms with Crippen molar-refractivity contribution in [1.29, 1.82) is 0 Å². The average molecular weight is 343 g/mol. The van der Waals surface area contributed by atoms with E-state index in [1.54, 1.807) is 0 Å². The van der Waals surface area contributed by atoms with Gasteiger partial charge in [-0.15, -0.1) is 0 Å². The molecule has 0 unspecified atom stereocenters. The molecule has 3 aliphatic rings. The lowest BCUT2D eigenvalue weighted by molar-refractivity contribution is 0.0242. The minimum absolute atomic E-state index is 0.204. The first-order chi connectivity index (χ1) is 11.9. The van der Waals surface area contributed by atoms with Gasteiger partial charge in [-0.1, -0.05) is 12.1 Å². The summed E-state index contributed by atoms with van der Waals surface area (Å²) in [5.41, 5.74) is 5.23. The molecule has 4 nitrogen and oxygen atoms in total. The molecule has 0 aromatic heterocycles. The van der Waals surface area contributed by atoms with Crippen LogP contribution in [-0.4, -0.2) is 29.8 Å². The fourth-order valence-electron chi connectivity index (χ4n) is 4.05. The van der Waals surface area contributed by atoms with Crippen LogP contribution in [0.25, 0.3) is 0 Å². The minimum atomic E-state index is -0.446. The first-order valence-corrected chi connectivity index (χ1v) is 9.62. The van der Waals surface area contributed by atoms with E-state index in [0.29, 0.717) is 19.0 Å². The maximum atomic E-state index is 12.4. The number of fused-ring (bicyclic) bond motifs is 1. The van der Waals surface area contributed by atoms with Crippen LogP contribution in [0, 0.1) is 0 Å². The zero-order valence-electron chi connectivity index (χ0n) is 15.6. The van der Waals surface area contributed by atoms with Gasteiger partial charge in [0, 0.05) is 26.3 Å². The minimum Gasteiger partial charge on any atom is -0.444 e. The molecule has 4 rings (SSSR count). The molecule has 1 aromatic rings. The van der Waals surface area contributed by atoms with E-state index in [1.807, 2.05) is 25.7 Å². The van der Waals surface area contributed by atoms with Crippen molar-refractivity contribution in [3.63, 3.8) is 0 Å². The number of hydrogen-bond acceptors (Lipinski definition) is 3. The first-order valence-electron chi connectivity index (χ1n) is 9.62. The Morgan fingerprint density at radius 3 is 2.00 bits per heavy atom. The summed E-state index contributed by atoms with van der Waals surface area (Å²) in [5, 5.41) is 0. The van der Waals surface area contributed by atoms with E-state index in [9.17, 15) is 4.79 Å². The largest absolute Gasteiger partial charge is 0.444 e. The van der Waals surface area contributed by atoms with Crippen molar-refractivity contribution in [2.24, 2.45) is 0 Å². The molecule has 1 aliphatic carbocycles. The van der Waals surface area contributed by atoms with E-state index in [1.165, 1.54) is 35.1 Å². The van der Waals surface area contributed by atoms with Gasteiger partial charge < -0.3 is 9.47 Å². The summed E-state index contributed by atoms with van der Waals surface area (Å²) < 4.78 is 11.1. The lowest BCUT2D eigenvalue weighted by atomic mass is 9.84. The second-order valence-corrected chi connectivity index (χ2v) is 8.75. The van der Waals surface area contributed by atoms with Gasteiger partial charge in [0.25, 0.3) is 0 Å². The lowest BCUT2D eigenvalue weighted by Gasteiger charge is -2.25. The number of carbonyl (C=O) groups is 1. The van der Waals surface area contributed by atoms with Gasteiger partial charge in [-0.3, -0.25) is 4.90 Å². The van der Waals surface area contributed by atoms with E-state index in [2.05, 4.69) is 12.1 Å². The molecular formula is C21H29NO3. The number of hydrogen-bond donors (Lipinski definition) is 0. The molecule has 1 saturated carbocycles. The maximum absolute atomic E-state index is 12.4. The molecule has 1 amide bonds. The topological polar surface area (TPSA) is 38.8 Å². The third kappa shape index (κ3) is 3.69. The molecule has 4 heteroatoms. The lowest BCUT2D eigenvalue weighted by Crippen LogP contribution is -2.33. The van der Waals surface area contributed by atoms with Crippen LogP contribution in [0.2, 0.25) is 0 Å². The summed E-state index contributed by atoms with van der Waals surface area (Å²) in [6.45, 7) is 8.85. The number of benzene rings is 1. The smallest absolute Gasteiger partial charge is 0.410 e. The Morgan fingerprint density at radius 2 is 1.52 bits per heavy atom. The van der Waals surface area contributed by atoms with E-state index < -0.39 is 5.60 Å². The molecule has 0 N–H and O–H groups in total. The van der Waals surface area contributed by atoms with E-state index in [-0.39, 0.29) is 6.09 Å². The zero-order valence-corrected chi connectivity index (χ0v) is 15.6. The van der Waals surface area contributed by atoms with E-state index in [4.69, 9.17) is 9.47 Å². The normalized spacial score (nSPS) is 21.3. The summed E-state index contributed by atoms with van der Waals surface area (Å²) in [6.07, 6.45) is 4.65. The standard InChI is InChI=1S/C21H29NO3/c1-21(2,3)25-20(23)22-12-16-10-18(14-4-5-14)19(11-17(16)13-22)15-6-8-24-9-7-15/h10-11,14-15H,4-9,12-13H2,1-3H3. The van der Waals surface area contributed by atoms with Crippen molar-refractivity contribution in [3.8, 4) is 0 Å². The van der Waals surface area contributed by atoms with Crippen LogP contribution in [0.15, 0.2) is 12.1 Å². The van der Waals surface area contributed by atoms with Gasteiger partial charge in [-0.2, -0.15) is 0 Å². The summed E-state index contributed by atoms with van der Waals surface area (Å²) >= 11 is 0. The van der Waals surface area contributed by atoms with E-state index in [0.717, 1.165) is 32.0 Å². The SMILES string of the molecule is CC(C)(C)OC(=O)N1Cc2cc(C3CCOCC3)c(C3CC3)cc2C1. The molecule has 0 bridgehead atoms. The summed E-state index contributed by atoms with van der Waals surface area (Å²) in [5.74, 6) is 1.35. The van der Waals surface area contributed by atoms with E-state index >= 15 is 0 Å². The number of ether oxygens (including phenoxy) is 2. The Hall–Kier alpha value is -1.55. The van der Waals surface area contributed by atoms with Gasteiger partial charge in [0.1, 0.15) is 5.60 Å². The summed E-state index contributed by atoms with van der Waals surface area (Å²) in [6, 6.07) is 4.78. The first kappa shape index (κ1) is 16.9. The third-order valence-electron chi connectivity index (χ3n) is 5.46. The van der Waals surface area contributed by atoms with Gasteiger partial charge in [-0.25, -0.2) is 4.79 Å². The zero-order chi connectivity index (χ0) is 17.6. The van der Waals surface area contributed by atoms with Crippen LogP contribution in [0.4, 0.5) is 4.79 Å². The Bertz CT molecular complexity index is 666. The Labute approximate surface area is 150 Å². The molecule has 136 valence electrons. The van der Waals surface area contributed by atoms with Crippen LogP contribution in [0.5, 0.6) is 0 Å². The second-order valence-electron chi connectivity index (χ2n) is 8.75. The maximum Gasteiger partial charge on any atom is 0.410 e. The van der Waals surface area contributed by atoms with Crippen molar-refractivity contribution in [1.82, 2.24) is 4.90 Å². The highest BCUT2D eigenvalue weighted by molar-refractivity contribution is 5.69. The monoisotopic (exact) mass is 343 g/mol. The molecule has 2 fully saturated rings. The van der Waals surface area contributed by atoms with Crippen LogP contribution >= 0.6 is 0 Å². The highest BCUT2D eigenvalue weighted by Gasteiger charge is 2.33. The molecule has 25 heavy (non-hydrogen) atoms. The van der Waals surface area contributed by atoms with Gasteiger partial charge in [-0.05, 0) is 80.5 Å². The molecular weight excluding hydrogens is 314 g/mol. The number of rotatable bonds is 2. The van der Waals surface area contributed by atoms with Crippen LogP contribution in [0.3, 0.4) is 0 Å². The van der Waals surface area contributed by atoms with Crippen molar-refractivity contribution in [2.75, 3.05) is 13.2 Å². The quantitative estimate of drug-likeness (QED) is 0.781. The number of amides is 1. The average Bonchev–Trinajstić information content (AvgIpc) is 3.32. The molecule has 1 saturated heterocycles. The molecule has 0 atom stereocenters. The van der Waals surface area contributed by atoms with Crippen molar-refractivity contribution < 1.29 is 14.3 Å². The summed E-state index contributed by atoms with van der Waals surface area (Å²) in [7, 11) is 0. The Morgan fingerprint density at radius 1 is 1.00 bits per heavy atom. The van der Waals surface area contributed by atoms with Crippen molar-refractivity contribution in [3.05, 3.63) is 34.4 Å². The van der Waals surface area contributed by atoms with Crippen molar-refractivity contribution >= 4 is 6.09 Å². The molecule has 0 spiro atoms. The van der Waals surface area contributed by atoms with Gasteiger partial charge >= 0.3 is 6.09 Å². The van der Waals surface area contributed by atoms with Crippen LogP contribution in [-0.2, 0) is 22.6 Å². The fourth-order valence-corrected chi connectivity index (χ4v) is 4.05. The van der Waals surface area contributed by atoms with Crippen LogP contribution in [0.1, 0.15) is 80.5 Å². The second kappa shape index (κ2) is 6.31. The van der Waals surface area contributed by atoms with Gasteiger partial charge in [0.05, 0.1) is 0 Å². The summed E-state index contributed by atoms with van der Waals surface area (Å²) in [4.78, 5) is 14.3.